The highest BCUT2D eigenvalue weighted by Crippen LogP contribution is 2.36. The first-order chi connectivity index (χ1) is 8.83. The fourth-order valence-electron chi connectivity index (χ4n) is 3.09. The number of aryl methyl sites for hydroxylation is 2. The lowest BCUT2D eigenvalue weighted by Gasteiger charge is -2.23. The number of thiophene rings is 1. The molecule has 1 aromatic rings. The summed E-state index contributed by atoms with van der Waals surface area (Å²) in [5, 5.41) is 10.4. The maximum Gasteiger partial charge on any atom is 0.0884 e. The predicted molar refractivity (Wildman–Crippen MR) is 74.1 cm³/mol. The van der Waals surface area contributed by atoms with Gasteiger partial charge in [0.15, 0.2) is 0 Å². The van der Waals surface area contributed by atoms with Gasteiger partial charge in [-0.05, 0) is 62.5 Å². The number of aliphatic hydroxyl groups is 1. The van der Waals surface area contributed by atoms with E-state index in [2.05, 4.69) is 6.07 Å². The Hall–Kier alpha value is -0.380. The molecule has 18 heavy (non-hydrogen) atoms. The Bertz CT molecular complexity index is 370. The summed E-state index contributed by atoms with van der Waals surface area (Å²) in [6, 6.07) is 2.27. The molecule has 2 aliphatic rings. The zero-order valence-electron chi connectivity index (χ0n) is 10.9. The number of rotatable bonds is 3. The summed E-state index contributed by atoms with van der Waals surface area (Å²) in [6.45, 7) is 1.75. The van der Waals surface area contributed by atoms with Gasteiger partial charge in [-0.2, -0.15) is 0 Å². The number of fused-ring (bicyclic) bond motifs is 1. The zero-order valence-corrected chi connectivity index (χ0v) is 11.7. The normalized spacial score (nSPS) is 22.7. The zero-order chi connectivity index (χ0) is 12.4. The third-order valence-corrected chi connectivity index (χ3v) is 5.58. The molecule has 0 saturated carbocycles. The van der Waals surface area contributed by atoms with E-state index in [9.17, 15) is 5.11 Å². The van der Waals surface area contributed by atoms with Crippen LogP contribution < -0.4 is 0 Å². The Morgan fingerprint density at radius 3 is 2.83 bits per heavy atom. The van der Waals surface area contributed by atoms with Crippen molar-refractivity contribution in [3.8, 4) is 0 Å². The Morgan fingerprint density at radius 2 is 2.06 bits per heavy atom. The molecule has 100 valence electrons. The number of hydrogen-bond donors (Lipinski definition) is 1. The smallest absolute Gasteiger partial charge is 0.0884 e. The van der Waals surface area contributed by atoms with Crippen molar-refractivity contribution in [2.24, 2.45) is 5.92 Å². The van der Waals surface area contributed by atoms with Crippen LogP contribution in [0.15, 0.2) is 6.07 Å². The fourth-order valence-corrected chi connectivity index (χ4v) is 4.35. The third kappa shape index (κ3) is 2.79. The van der Waals surface area contributed by atoms with Gasteiger partial charge in [-0.1, -0.05) is 0 Å². The van der Waals surface area contributed by atoms with E-state index >= 15 is 0 Å². The molecule has 1 aliphatic carbocycles. The maximum absolute atomic E-state index is 10.4. The second-order valence-corrected chi connectivity index (χ2v) is 6.78. The van der Waals surface area contributed by atoms with E-state index in [4.69, 9.17) is 4.74 Å². The van der Waals surface area contributed by atoms with Gasteiger partial charge in [0.2, 0.25) is 0 Å². The summed E-state index contributed by atoms with van der Waals surface area (Å²) >= 11 is 1.85. The molecule has 1 unspecified atom stereocenters. The average Bonchev–Trinajstić information content (AvgIpc) is 2.84. The Kier molecular flexibility index (Phi) is 4.02. The molecule has 3 heteroatoms. The van der Waals surface area contributed by atoms with Gasteiger partial charge in [0.1, 0.15) is 0 Å². The van der Waals surface area contributed by atoms with Crippen LogP contribution in [0.5, 0.6) is 0 Å². The standard InChI is InChI=1S/C15H22O2S/c16-13(9-11-5-7-17-8-6-11)15-10-12-3-1-2-4-14(12)18-15/h10-11,13,16H,1-9H2. The summed E-state index contributed by atoms with van der Waals surface area (Å²) in [7, 11) is 0. The van der Waals surface area contributed by atoms with Gasteiger partial charge in [-0.15, -0.1) is 11.3 Å². The van der Waals surface area contributed by atoms with Crippen LogP contribution in [-0.4, -0.2) is 18.3 Å². The predicted octanol–water partition coefficient (Wildman–Crippen LogP) is 3.48. The molecule has 2 nitrogen and oxygen atoms in total. The minimum absolute atomic E-state index is 0.247. The van der Waals surface area contributed by atoms with E-state index in [-0.39, 0.29) is 6.10 Å². The quantitative estimate of drug-likeness (QED) is 0.907. The van der Waals surface area contributed by atoms with Crippen LogP contribution in [0.3, 0.4) is 0 Å². The van der Waals surface area contributed by atoms with Crippen molar-refractivity contribution in [3.05, 3.63) is 21.4 Å². The number of hydrogen-bond acceptors (Lipinski definition) is 3. The van der Waals surface area contributed by atoms with Gasteiger partial charge in [-0.3, -0.25) is 0 Å². The Morgan fingerprint density at radius 1 is 1.28 bits per heavy atom. The lowest BCUT2D eigenvalue weighted by molar-refractivity contribution is 0.0442. The van der Waals surface area contributed by atoms with Crippen molar-refractivity contribution in [1.82, 2.24) is 0 Å². The van der Waals surface area contributed by atoms with Crippen LogP contribution in [0.25, 0.3) is 0 Å². The van der Waals surface area contributed by atoms with Gasteiger partial charge in [0.05, 0.1) is 6.10 Å². The van der Waals surface area contributed by atoms with Crippen molar-refractivity contribution in [3.63, 3.8) is 0 Å². The van der Waals surface area contributed by atoms with Crippen molar-refractivity contribution in [2.75, 3.05) is 13.2 Å². The van der Waals surface area contributed by atoms with Crippen molar-refractivity contribution < 1.29 is 9.84 Å². The first-order valence-corrected chi connectivity index (χ1v) is 8.02. The SMILES string of the molecule is OC(CC1CCOCC1)c1cc2c(s1)CCCC2. The highest BCUT2D eigenvalue weighted by molar-refractivity contribution is 7.12. The highest BCUT2D eigenvalue weighted by atomic mass is 32.1. The summed E-state index contributed by atoms with van der Waals surface area (Å²) < 4.78 is 5.37. The van der Waals surface area contributed by atoms with E-state index in [0.717, 1.165) is 32.5 Å². The lowest BCUT2D eigenvalue weighted by atomic mass is 9.92. The maximum atomic E-state index is 10.4. The molecule has 1 aromatic heterocycles. The first-order valence-electron chi connectivity index (χ1n) is 7.20. The molecule has 0 amide bonds. The van der Waals surface area contributed by atoms with Crippen LogP contribution in [0.4, 0.5) is 0 Å². The number of aliphatic hydroxyl groups excluding tert-OH is 1. The summed E-state index contributed by atoms with van der Waals surface area (Å²) in [4.78, 5) is 2.73. The third-order valence-electron chi connectivity index (χ3n) is 4.24. The minimum Gasteiger partial charge on any atom is -0.388 e. The molecule has 1 saturated heterocycles. The molecular weight excluding hydrogens is 244 g/mol. The molecule has 1 atom stereocenters. The molecular formula is C15H22O2S. The molecule has 0 radical (unpaired) electrons. The Labute approximate surface area is 113 Å². The van der Waals surface area contributed by atoms with E-state index in [1.807, 2.05) is 11.3 Å². The van der Waals surface area contributed by atoms with Crippen LogP contribution in [0.1, 0.15) is 53.5 Å². The lowest BCUT2D eigenvalue weighted by Crippen LogP contribution is -2.17. The van der Waals surface area contributed by atoms with E-state index in [1.165, 1.54) is 41.0 Å². The summed E-state index contributed by atoms with van der Waals surface area (Å²) in [5.74, 6) is 0.646. The molecule has 3 rings (SSSR count). The molecule has 2 heterocycles. The molecule has 0 aromatic carbocycles. The van der Waals surface area contributed by atoms with Gasteiger partial charge < -0.3 is 9.84 Å². The summed E-state index contributed by atoms with van der Waals surface area (Å²) in [6.07, 6.45) is 7.98. The second kappa shape index (κ2) is 5.72. The van der Waals surface area contributed by atoms with Crippen molar-refractivity contribution in [2.45, 2.75) is 51.0 Å². The molecule has 1 N–H and O–H groups in total. The Balaban J connectivity index is 1.64. The average molecular weight is 266 g/mol. The first kappa shape index (κ1) is 12.6. The van der Waals surface area contributed by atoms with Crippen LogP contribution >= 0.6 is 11.3 Å². The van der Waals surface area contributed by atoms with E-state index in [1.54, 1.807) is 0 Å². The largest absolute Gasteiger partial charge is 0.388 e. The van der Waals surface area contributed by atoms with Crippen LogP contribution in [0, 0.1) is 5.92 Å². The van der Waals surface area contributed by atoms with E-state index < -0.39 is 0 Å². The van der Waals surface area contributed by atoms with E-state index in [0.29, 0.717) is 5.92 Å². The summed E-state index contributed by atoms with van der Waals surface area (Å²) in [5.41, 5.74) is 1.51. The molecule has 1 fully saturated rings. The van der Waals surface area contributed by atoms with Crippen LogP contribution in [-0.2, 0) is 17.6 Å². The van der Waals surface area contributed by atoms with Gasteiger partial charge >= 0.3 is 0 Å². The monoisotopic (exact) mass is 266 g/mol. The van der Waals surface area contributed by atoms with Crippen molar-refractivity contribution >= 4 is 11.3 Å². The minimum atomic E-state index is -0.247. The van der Waals surface area contributed by atoms with Gasteiger partial charge in [-0.25, -0.2) is 0 Å². The molecule has 0 bridgehead atoms. The van der Waals surface area contributed by atoms with Gasteiger partial charge in [0, 0.05) is 23.0 Å². The topological polar surface area (TPSA) is 29.5 Å². The van der Waals surface area contributed by atoms with Crippen molar-refractivity contribution in [1.29, 1.82) is 0 Å². The van der Waals surface area contributed by atoms with Gasteiger partial charge in [0.25, 0.3) is 0 Å². The van der Waals surface area contributed by atoms with Crippen LogP contribution in [0.2, 0.25) is 0 Å². The molecule has 1 aliphatic heterocycles. The molecule has 0 spiro atoms. The fraction of sp³-hybridized carbons (Fsp3) is 0.733. The second-order valence-electron chi connectivity index (χ2n) is 5.61. The highest BCUT2D eigenvalue weighted by Gasteiger charge is 2.22. The number of ether oxygens (including phenoxy) is 1.